The highest BCUT2D eigenvalue weighted by atomic mass is 15.2. The van der Waals surface area contributed by atoms with E-state index in [1.165, 1.54) is 24.0 Å². The molecule has 0 heterocycles. The van der Waals surface area contributed by atoms with Gasteiger partial charge < -0.3 is 5.73 Å². The molecule has 2 aromatic rings. The van der Waals surface area contributed by atoms with Gasteiger partial charge in [0.1, 0.15) is 0 Å². The Kier molecular flexibility index (Phi) is 4.37. The van der Waals surface area contributed by atoms with Crippen molar-refractivity contribution in [2.45, 2.75) is 37.9 Å². The highest BCUT2D eigenvalue weighted by Crippen LogP contribution is 2.39. The lowest BCUT2D eigenvalue weighted by Gasteiger charge is -2.35. The summed E-state index contributed by atoms with van der Waals surface area (Å²) in [6.07, 6.45) is 2.61. The second-order valence-corrected chi connectivity index (χ2v) is 5.85. The lowest BCUT2D eigenvalue weighted by molar-refractivity contribution is 0.170. The van der Waals surface area contributed by atoms with E-state index in [1.54, 1.807) is 0 Å². The van der Waals surface area contributed by atoms with E-state index in [0.29, 0.717) is 6.04 Å². The van der Waals surface area contributed by atoms with Crippen molar-refractivity contribution in [3.05, 3.63) is 71.8 Å². The van der Waals surface area contributed by atoms with Gasteiger partial charge in [-0.1, -0.05) is 67.6 Å². The number of likely N-dealkylation sites (N-methyl/N-ethyl adjacent to an activating group) is 1. The van der Waals surface area contributed by atoms with E-state index in [0.717, 1.165) is 6.54 Å². The fourth-order valence-corrected chi connectivity index (χ4v) is 3.20. The maximum absolute atomic E-state index is 6.67. The molecule has 2 unspecified atom stereocenters. The number of hydrogen-bond donors (Lipinski definition) is 1. The number of nitrogens with two attached hydrogens (primary N) is 1. The van der Waals surface area contributed by atoms with E-state index in [4.69, 9.17) is 5.73 Å². The fraction of sp³-hybridized carbons (Fsp3) is 0.368. The Morgan fingerprint density at radius 3 is 1.95 bits per heavy atom. The number of rotatable bonds is 6. The summed E-state index contributed by atoms with van der Waals surface area (Å²) in [7, 11) is 0. The van der Waals surface area contributed by atoms with Crippen LogP contribution in [0.4, 0.5) is 0 Å². The van der Waals surface area contributed by atoms with Crippen LogP contribution >= 0.6 is 0 Å². The van der Waals surface area contributed by atoms with Crippen molar-refractivity contribution in [3.8, 4) is 0 Å². The summed E-state index contributed by atoms with van der Waals surface area (Å²) in [5.41, 5.74) is 9.21. The standard InChI is InChI=1S/C19H24N2/c1-2-21(17-13-14-17)19(16-11-7-4-8-12-16)18(20)15-9-5-3-6-10-15/h3-12,17-19H,2,13-14,20H2,1H3. The van der Waals surface area contributed by atoms with Gasteiger partial charge in [0.15, 0.2) is 0 Å². The second kappa shape index (κ2) is 6.42. The Bertz CT molecular complexity index is 548. The molecule has 21 heavy (non-hydrogen) atoms. The molecule has 2 heteroatoms. The SMILES string of the molecule is CCN(C1CC1)C(c1ccccc1)C(N)c1ccccc1. The topological polar surface area (TPSA) is 29.3 Å². The van der Waals surface area contributed by atoms with Gasteiger partial charge in [0.05, 0.1) is 6.04 Å². The average molecular weight is 280 g/mol. The van der Waals surface area contributed by atoms with Gasteiger partial charge in [-0.05, 0) is 30.5 Å². The normalized spacial score (nSPS) is 17.7. The van der Waals surface area contributed by atoms with Gasteiger partial charge >= 0.3 is 0 Å². The predicted molar refractivity (Wildman–Crippen MR) is 88.0 cm³/mol. The summed E-state index contributed by atoms with van der Waals surface area (Å²) in [6, 6.07) is 22.2. The molecule has 0 saturated heterocycles. The first-order chi connectivity index (χ1) is 10.3. The Balaban J connectivity index is 1.95. The molecule has 1 fully saturated rings. The van der Waals surface area contributed by atoms with E-state index in [9.17, 15) is 0 Å². The van der Waals surface area contributed by atoms with Gasteiger partial charge in [0, 0.05) is 12.1 Å². The van der Waals surface area contributed by atoms with Gasteiger partial charge in [-0.3, -0.25) is 4.90 Å². The molecule has 0 radical (unpaired) electrons. The molecular formula is C19H24N2. The third kappa shape index (κ3) is 3.17. The van der Waals surface area contributed by atoms with Gasteiger partial charge in [-0.25, -0.2) is 0 Å². The number of hydrogen-bond acceptors (Lipinski definition) is 2. The van der Waals surface area contributed by atoms with Crippen LogP contribution in [0, 0.1) is 0 Å². The van der Waals surface area contributed by atoms with Crippen molar-refractivity contribution < 1.29 is 0 Å². The third-order valence-electron chi connectivity index (χ3n) is 4.40. The van der Waals surface area contributed by atoms with E-state index in [2.05, 4.69) is 66.4 Å². The average Bonchev–Trinajstić information content (AvgIpc) is 3.38. The van der Waals surface area contributed by atoms with Gasteiger partial charge in [-0.15, -0.1) is 0 Å². The van der Waals surface area contributed by atoms with Gasteiger partial charge in [0.25, 0.3) is 0 Å². The van der Waals surface area contributed by atoms with Crippen LogP contribution in [-0.2, 0) is 0 Å². The Morgan fingerprint density at radius 2 is 1.48 bits per heavy atom. The van der Waals surface area contributed by atoms with Crippen LogP contribution < -0.4 is 5.73 Å². The number of nitrogens with zero attached hydrogens (tertiary/aromatic N) is 1. The van der Waals surface area contributed by atoms with Crippen molar-refractivity contribution in [2.75, 3.05) is 6.54 Å². The minimum Gasteiger partial charge on any atom is -0.322 e. The van der Waals surface area contributed by atoms with Crippen LogP contribution in [0.1, 0.15) is 43.0 Å². The number of benzene rings is 2. The van der Waals surface area contributed by atoms with Crippen LogP contribution in [0.3, 0.4) is 0 Å². The van der Waals surface area contributed by atoms with E-state index < -0.39 is 0 Å². The zero-order valence-electron chi connectivity index (χ0n) is 12.7. The molecule has 1 aliphatic rings. The molecule has 0 bridgehead atoms. The van der Waals surface area contributed by atoms with Crippen molar-refractivity contribution in [1.82, 2.24) is 4.90 Å². The van der Waals surface area contributed by atoms with Crippen molar-refractivity contribution in [2.24, 2.45) is 5.73 Å². The summed E-state index contributed by atoms with van der Waals surface area (Å²) >= 11 is 0. The molecule has 2 aromatic carbocycles. The lowest BCUT2D eigenvalue weighted by atomic mass is 9.92. The van der Waals surface area contributed by atoms with E-state index in [-0.39, 0.29) is 12.1 Å². The minimum absolute atomic E-state index is 0.00847. The van der Waals surface area contributed by atoms with Crippen LogP contribution in [0.15, 0.2) is 60.7 Å². The highest BCUT2D eigenvalue weighted by molar-refractivity contribution is 5.28. The minimum atomic E-state index is 0.00847. The van der Waals surface area contributed by atoms with Crippen molar-refractivity contribution in [1.29, 1.82) is 0 Å². The van der Waals surface area contributed by atoms with Gasteiger partial charge in [0.2, 0.25) is 0 Å². The lowest BCUT2D eigenvalue weighted by Crippen LogP contribution is -2.37. The zero-order valence-corrected chi connectivity index (χ0v) is 12.7. The summed E-state index contributed by atoms with van der Waals surface area (Å²) < 4.78 is 0. The molecule has 3 rings (SSSR count). The monoisotopic (exact) mass is 280 g/mol. The predicted octanol–water partition coefficient (Wildman–Crippen LogP) is 3.91. The Labute approximate surface area is 127 Å². The van der Waals surface area contributed by atoms with Crippen LogP contribution in [0.2, 0.25) is 0 Å². The van der Waals surface area contributed by atoms with Crippen LogP contribution in [-0.4, -0.2) is 17.5 Å². The first kappa shape index (κ1) is 14.3. The molecule has 0 amide bonds. The molecular weight excluding hydrogens is 256 g/mol. The fourth-order valence-electron chi connectivity index (χ4n) is 3.20. The van der Waals surface area contributed by atoms with Crippen LogP contribution in [0.5, 0.6) is 0 Å². The first-order valence-corrected chi connectivity index (χ1v) is 7.92. The van der Waals surface area contributed by atoms with Crippen LogP contribution in [0.25, 0.3) is 0 Å². The van der Waals surface area contributed by atoms with Crippen molar-refractivity contribution >= 4 is 0 Å². The summed E-state index contributed by atoms with van der Waals surface area (Å²) in [6.45, 7) is 3.29. The molecule has 1 saturated carbocycles. The second-order valence-electron chi connectivity index (χ2n) is 5.85. The van der Waals surface area contributed by atoms with E-state index in [1.807, 2.05) is 6.07 Å². The molecule has 110 valence electrons. The molecule has 0 aliphatic heterocycles. The molecule has 1 aliphatic carbocycles. The summed E-state index contributed by atoms with van der Waals surface area (Å²) in [5, 5.41) is 0. The molecule has 0 spiro atoms. The molecule has 2 atom stereocenters. The Morgan fingerprint density at radius 1 is 0.952 bits per heavy atom. The first-order valence-electron chi connectivity index (χ1n) is 7.92. The maximum atomic E-state index is 6.67. The molecule has 0 aromatic heterocycles. The van der Waals surface area contributed by atoms with Gasteiger partial charge in [-0.2, -0.15) is 0 Å². The largest absolute Gasteiger partial charge is 0.322 e. The summed E-state index contributed by atoms with van der Waals surface area (Å²) in [5.74, 6) is 0. The summed E-state index contributed by atoms with van der Waals surface area (Å²) in [4.78, 5) is 2.58. The smallest absolute Gasteiger partial charge is 0.0543 e. The third-order valence-corrected chi connectivity index (χ3v) is 4.40. The highest BCUT2D eigenvalue weighted by Gasteiger charge is 2.36. The quantitative estimate of drug-likeness (QED) is 0.869. The Hall–Kier alpha value is -1.64. The van der Waals surface area contributed by atoms with E-state index >= 15 is 0 Å². The zero-order chi connectivity index (χ0) is 14.7. The molecule has 2 nitrogen and oxygen atoms in total. The molecule has 2 N–H and O–H groups in total. The maximum Gasteiger partial charge on any atom is 0.0543 e. The van der Waals surface area contributed by atoms with Crippen molar-refractivity contribution in [3.63, 3.8) is 0 Å².